The number of methoxy groups -OCH3 is 2. The van der Waals surface area contributed by atoms with Crippen LogP contribution in [-0.4, -0.2) is 39.6 Å². The smallest absolute Gasteiger partial charge is 0.341 e. The molecule has 3 aromatic carbocycles. The molecule has 0 N–H and O–H groups in total. The summed E-state index contributed by atoms with van der Waals surface area (Å²) in [5.74, 6) is 0.959. The molecule has 0 aliphatic carbocycles. The summed E-state index contributed by atoms with van der Waals surface area (Å²) in [7, 11) is 2.81. The number of benzene rings is 3. The molecule has 0 atom stereocenters. The fraction of sp³-hybridized carbons (Fsp3) is 0.185. The van der Waals surface area contributed by atoms with Crippen molar-refractivity contribution >= 4 is 17.8 Å². The van der Waals surface area contributed by atoms with E-state index in [-0.39, 0.29) is 6.61 Å². The average molecular weight is 462 g/mol. The van der Waals surface area contributed by atoms with E-state index in [0.29, 0.717) is 30.1 Å². The predicted octanol–water partition coefficient (Wildman–Crippen LogP) is 4.86. The fourth-order valence-electron chi connectivity index (χ4n) is 3.07. The highest BCUT2D eigenvalue weighted by Crippen LogP contribution is 2.23. The van der Waals surface area contributed by atoms with Crippen LogP contribution in [0.4, 0.5) is 0 Å². The summed E-state index contributed by atoms with van der Waals surface area (Å²) in [4.78, 5) is 17.4. The maximum absolute atomic E-state index is 12.2. The second-order valence-electron chi connectivity index (χ2n) is 7.01. The van der Waals surface area contributed by atoms with Crippen molar-refractivity contribution in [1.29, 1.82) is 0 Å². The number of rotatable bonds is 12. The van der Waals surface area contributed by atoms with Gasteiger partial charge in [-0.05, 0) is 41.0 Å². The van der Waals surface area contributed by atoms with Crippen molar-refractivity contribution in [2.45, 2.75) is 6.61 Å². The second kappa shape index (κ2) is 13.3. The number of carbonyl (C=O) groups excluding carboxylic acids is 1. The van der Waals surface area contributed by atoms with Crippen LogP contribution in [0, 0.1) is 0 Å². The van der Waals surface area contributed by atoms with Gasteiger partial charge in [-0.1, -0.05) is 59.8 Å². The van der Waals surface area contributed by atoms with Crippen LogP contribution in [0.1, 0.15) is 16.7 Å². The summed E-state index contributed by atoms with van der Waals surface area (Å²) >= 11 is 0. The van der Waals surface area contributed by atoms with Gasteiger partial charge in [-0.25, -0.2) is 4.79 Å². The predicted molar refractivity (Wildman–Crippen MR) is 130 cm³/mol. The van der Waals surface area contributed by atoms with Crippen LogP contribution in [0.15, 0.2) is 90.3 Å². The Balaban J connectivity index is 1.55. The van der Waals surface area contributed by atoms with Crippen molar-refractivity contribution in [3.8, 4) is 11.5 Å². The van der Waals surface area contributed by atoms with Crippen LogP contribution in [0.3, 0.4) is 0 Å². The highest BCUT2D eigenvalue weighted by Gasteiger charge is 2.16. The van der Waals surface area contributed by atoms with E-state index in [4.69, 9.17) is 23.8 Å². The Morgan fingerprint density at radius 3 is 2.41 bits per heavy atom. The maximum atomic E-state index is 12.2. The summed E-state index contributed by atoms with van der Waals surface area (Å²) in [6.45, 7) is 0.979. The Hall–Kier alpha value is -4.26. The lowest BCUT2D eigenvalue weighted by molar-refractivity contribution is -0.133. The maximum Gasteiger partial charge on any atom is 0.341 e. The van der Waals surface area contributed by atoms with Crippen LogP contribution in [0.2, 0.25) is 0 Å². The topological polar surface area (TPSA) is 75.6 Å². The molecule has 176 valence electrons. The van der Waals surface area contributed by atoms with E-state index in [1.807, 2.05) is 78.9 Å². The molecule has 0 saturated heterocycles. The third-order valence-electron chi connectivity index (χ3n) is 4.66. The van der Waals surface area contributed by atoms with Gasteiger partial charge < -0.3 is 23.8 Å². The summed E-state index contributed by atoms with van der Waals surface area (Å²) in [5.41, 5.74) is 2.64. The molecule has 34 heavy (non-hydrogen) atoms. The van der Waals surface area contributed by atoms with Gasteiger partial charge in [0.2, 0.25) is 0 Å². The van der Waals surface area contributed by atoms with Crippen LogP contribution >= 0.6 is 0 Å². The average Bonchev–Trinajstić information content (AvgIpc) is 2.89. The number of ether oxygens (including phenoxy) is 4. The number of hydrogen-bond acceptors (Lipinski definition) is 7. The quantitative estimate of drug-likeness (QED) is 0.0958. The Bertz CT molecular complexity index is 1110. The van der Waals surface area contributed by atoms with Crippen molar-refractivity contribution in [3.05, 3.63) is 102 Å². The van der Waals surface area contributed by atoms with Gasteiger partial charge in [0.1, 0.15) is 30.3 Å². The first-order chi connectivity index (χ1) is 16.7. The van der Waals surface area contributed by atoms with Crippen LogP contribution in [0.5, 0.6) is 11.5 Å². The molecule has 7 heteroatoms. The molecule has 3 aromatic rings. The minimum Gasteiger partial charge on any atom is -0.503 e. The third kappa shape index (κ3) is 7.41. The van der Waals surface area contributed by atoms with E-state index < -0.39 is 5.97 Å². The molecule has 3 rings (SSSR count). The molecule has 0 unspecified atom stereocenters. The largest absolute Gasteiger partial charge is 0.503 e. The Labute approximate surface area is 199 Å². The number of carbonyl (C=O) groups is 1. The van der Waals surface area contributed by atoms with Gasteiger partial charge >= 0.3 is 5.97 Å². The first kappa shape index (κ1) is 24.4. The zero-order valence-electron chi connectivity index (χ0n) is 19.2. The van der Waals surface area contributed by atoms with Crippen molar-refractivity contribution < 1.29 is 28.6 Å². The Morgan fingerprint density at radius 2 is 1.62 bits per heavy atom. The lowest BCUT2D eigenvalue weighted by Gasteiger charge is -2.13. The van der Waals surface area contributed by atoms with Gasteiger partial charge in [0, 0.05) is 0 Å². The van der Waals surface area contributed by atoms with Gasteiger partial charge in [0.15, 0.2) is 6.61 Å². The number of oxime groups is 1. The Morgan fingerprint density at radius 1 is 0.853 bits per heavy atom. The molecular weight excluding hydrogens is 434 g/mol. The molecule has 0 saturated carbocycles. The molecule has 0 spiro atoms. The van der Waals surface area contributed by atoms with Crippen molar-refractivity contribution in [2.24, 2.45) is 5.16 Å². The first-order valence-electron chi connectivity index (χ1n) is 10.7. The summed E-state index contributed by atoms with van der Waals surface area (Å²) in [5, 5.41) is 3.99. The van der Waals surface area contributed by atoms with Crippen LogP contribution in [0.25, 0.3) is 5.57 Å². The minimum atomic E-state index is -0.485. The van der Waals surface area contributed by atoms with E-state index in [1.54, 1.807) is 6.21 Å². The normalized spacial score (nSPS) is 11.2. The summed E-state index contributed by atoms with van der Waals surface area (Å²) < 4.78 is 21.5. The molecule has 0 aromatic heterocycles. The lowest BCUT2D eigenvalue weighted by Crippen LogP contribution is -2.08. The van der Waals surface area contributed by atoms with Crippen LogP contribution in [-0.2, 0) is 25.7 Å². The molecule has 0 radical (unpaired) electrons. The van der Waals surface area contributed by atoms with Crippen molar-refractivity contribution in [2.75, 3.05) is 27.4 Å². The van der Waals surface area contributed by atoms with Gasteiger partial charge in [-0.3, -0.25) is 0 Å². The van der Waals surface area contributed by atoms with E-state index >= 15 is 0 Å². The molecular formula is C27H27NO6. The fourth-order valence-corrected chi connectivity index (χ4v) is 3.07. The number of nitrogens with zero attached hydrogens (tertiary/aromatic N) is 1. The van der Waals surface area contributed by atoms with E-state index in [9.17, 15) is 4.79 Å². The minimum absolute atomic E-state index is 0.252. The monoisotopic (exact) mass is 461 g/mol. The highest BCUT2D eigenvalue weighted by atomic mass is 16.6. The van der Waals surface area contributed by atoms with Gasteiger partial charge in [0.25, 0.3) is 0 Å². The lowest BCUT2D eigenvalue weighted by atomic mass is 10.0. The van der Waals surface area contributed by atoms with E-state index in [2.05, 4.69) is 5.16 Å². The van der Waals surface area contributed by atoms with Gasteiger partial charge in [0.05, 0.1) is 26.7 Å². The first-order valence-corrected chi connectivity index (χ1v) is 10.7. The second-order valence-corrected chi connectivity index (χ2v) is 7.01. The molecule has 0 fully saturated rings. The van der Waals surface area contributed by atoms with Crippen molar-refractivity contribution in [3.63, 3.8) is 0 Å². The summed E-state index contributed by atoms with van der Waals surface area (Å²) in [6.07, 6.45) is 2.98. The third-order valence-corrected chi connectivity index (χ3v) is 4.66. The van der Waals surface area contributed by atoms with Crippen molar-refractivity contribution in [1.82, 2.24) is 0 Å². The Kier molecular flexibility index (Phi) is 9.56. The van der Waals surface area contributed by atoms with Gasteiger partial charge in [-0.2, -0.15) is 0 Å². The van der Waals surface area contributed by atoms with E-state index in [1.165, 1.54) is 20.5 Å². The van der Waals surface area contributed by atoms with Gasteiger partial charge in [-0.15, -0.1) is 0 Å². The number of para-hydroxylation sites is 1. The van der Waals surface area contributed by atoms with Crippen LogP contribution < -0.4 is 9.47 Å². The number of hydrogen-bond donors (Lipinski definition) is 0. The molecule has 0 heterocycles. The standard InChI is InChI=1S/C27H27NO6/c1-30-20-26(27(29)31-2)25-14-7-6-10-22(25)19-33-24-13-8-9-21(17-24)18-28-34-16-15-32-23-11-4-3-5-12-23/h3-14,17-18,20H,15-16,19H2,1-2H3. The molecule has 7 nitrogen and oxygen atoms in total. The molecule has 0 aliphatic rings. The highest BCUT2D eigenvalue weighted by molar-refractivity contribution is 6.16. The zero-order chi connectivity index (χ0) is 24.0. The number of esters is 1. The summed E-state index contributed by atoms with van der Waals surface area (Å²) in [6, 6.07) is 24.4. The molecule has 0 amide bonds. The zero-order valence-corrected chi connectivity index (χ0v) is 19.2. The molecule has 0 bridgehead atoms. The SMILES string of the molecule is COC=C(C(=O)OC)c1ccccc1COc1cccc(C=NOCCOc2ccccc2)c1. The molecule has 0 aliphatic heterocycles. The van der Waals surface area contributed by atoms with E-state index in [0.717, 1.165) is 16.9 Å².